The SMILES string of the molecule is C=C(Nc1cc2cc(/C(C)=C/N(C)NC)ccc2cn1)c1cnn(C2CCN(C(C)C)CC2)c1. The molecule has 3 heterocycles. The van der Waals surface area contributed by atoms with Gasteiger partial charge in [-0.15, -0.1) is 0 Å². The average Bonchev–Trinajstić information content (AvgIpc) is 3.34. The Morgan fingerprint density at radius 3 is 2.62 bits per heavy atom. The summed E-state index contributed by atoms with van der Waals surface area (Å²) in [5.74, 6) is 0.779. The Morgan fingerprint density at radius 2 is 1.91 bits per heavy atom. The molecule has 1 saturated heterocycles. The van der Waals surface area contributed by atoms with Crippen LogP contribution in [0, 0.1) is 0 Å². The molecule has 1 fully saturated rings. The number of likely N-dealkylation sites (tertiary alicyclic amines) is 1. The first-order valence-electron chi connectivity index (χ1n) is 12.1. The molecule has 0 aliphatic carbocycles. The highest BCUT2D eigenvalue weighted by Gasteiger charge is 2.22. The molecule has 180 valence electrons. The van der Waals surface area contributed by atoms with Gasteiger partial charge < -0.3 is 15.2 Å². The quantitative estimate of drug-likeness (QED) is 0.463. The molecule has 3 aromatic rings. The van der Waals surface area contributed by atoms with E-state index in [1.54, 1.807) is 0 Å². The van der Waals surface area contributed by atoms with E-state index >= 15 is 0 Å². The highest BCUT2D eigenvalue weighted by atomic mass is 15.5. The van der Waals surface area contributed by atoms with E-state index in [4.69, 9.17) is 0 Å². The van der Waals surface area contributed by atoms with Crippen LogP contribution in [-0.2, 0) is 0 Å². The fourth-order valence-corrected chi connectivity index (χ4v) is 4.47. The van der Waals surface area contributed by atoms with Gasteiger partial charge in [-0.1, -0.05) is 18.7 Å². The van der Waals surface area contributed by atoms with Crippen LogP contribution in [0.4, 0.5) is 5.82 Å². The van der Waals surface area contributed by atoms with Crippen LogP contribution in [0.3, 0.4) is 0 Å². The molecule has 1 aliphatic rings. The van der Waals surface area contributed by atoms with Crippen molar-refractivity contribution < 1.29 is 0 Å². The number of benzene rings is 1. The molecule has 0 unspecified atom stereocenters. The van der Waals surface area contributed by atoms with Crippen molar-refractivity contribution in [2.75, 3.05) is 32.5 Å². The second kappa shape index (κ2) is 10.4. The van der Waals surface area contributed by atoms with Gasteiger partial charge in [-0.25, -0.2) is 10.4 Å². The second-order valence-electron chi connectivity index (χ2n) is 9.45. The van der Waals surface area contributed by atoms with Crippen LogP contribution in [0.15, 0.2) is 55.6 Å². The molecule has 7 nitrogen and oxygen atoms in total. The molecule has 0 amide bonds. The third-order valence-electron chi connectivity index (χ3n) is 6.75. The highest BCUT2D eigenvalue weighted by molar-refractivity contribution is 5.88. The van der Waals surface area contributed by atoms with E-state index in [0.29, 0.717) is 12.1 Å². The maximum Gasteiger partial charge on any atom is 0.130 e. The van der Waals surface area contributed by atoms with Crippen LogP contribution in [0.1, 0.15) is 50.8 Å². The van der Waals surface area contributed by atoms with Crippen LogP contribution in [0.25, 0.3) is 22.0 Å². The minimum Gasteiger partial charge on any atom is -0.340 e. The Hall–Kier alpha value is -3.16. The zero-order valence-electron chi connectivity index (χ0n) is 21.0. The van der Waals surface area contributed by atoms with Crippen molar-refractivity contribution >= 4 is 27.9 Å². The molecule has 1 aromatic carbocycles. The van der Waals surface area contributed by atoms with Gasteiger partial charge in [-0.3, -0.25) is 4.68 Å². The Bertz CT molecular complexity index is 1170. The maximum absolute atomic E-state index is 4.65. The molecule has 0 spiro atoms. The van der Waals surface area contributed by atoms with E-state index in [-0.39, 0.29) is 0 Å². The number of pyridine rings is 1. The standard InChI is InChI=1S/C27H37N7/c1-19(2)33-11-9-26(10-12-33)34-18-25(16-30-34)21(4)31-27-14-24-13-22(7-8-23(24)15-29-27)20(3)17-32(6)28-5/h7-8,13-19,26,28H,4,9-12H2,1-3,5-6H3,(H,29,31)/b20-17+. The molecule has 0 bridgehead atoms. The number of allylic oxidation sites excluding steroid dienone is 1. The van der Waals surface area contributed by atoms with Crippen molar-refractivity contribution in [3.8, 4) is 0 Å². The molecule has 0 saturated carbocycles. The number of rotatable bonds is 8. The van der Waals surface area contributed by atoms with E-state index in [1.165, 1.54) is 11.1 Å². The van der Waals surface area contributed by atoms with Gasteiger partial charge in [0.25, 0.3) is 0 Å². The monoisotopic (exact) mass is 459 g/mol. The second-order valence-corrected chi connectivity index (χ2v) is 9.45. The summed E-state index contributed by atoms with van der Waals surface area (Å²) in [6.45, 7) is 13.1. The van der Waals surface area contributed by atoms with E-state index in [0.717, 1.165) is 53.8 Å². The van der Waals surface area contributed by atoms with Gasteiger partial charge in [-0.05, 0) is 62.3 Å². The summed E-state index contributed by atoms with van der Waals surface area (Å²) in [6.07, 6.45) is 10.2. The lowest BCUT2D eigenvalue weighted by atomic mass is 10.0. The van der Waals surface area contributed by atoms with E-state index in [2.05, 4.69) is 94.4 Å². The molecular formula is C27H37N7. The van der Waals surface area contributed by atoms with Gasteiger partial charge in [0.05, 0.1) is 12.2 Å². The first-order chi connectivity index (χ1) is 16.3. The number of hydrogen-bond acceptors (Lipinski definition) is 6. The number of piperidine rings is 1. The Labute approximate surface area is 203 Å². The van der Waals surface area contributed by atoms with Crippen molar-refractivity contribution in [3.05, 3.63) is 66.8 Å². The minimum atomic E-state index is 0.451. The molecule has 2 aromatic heterocycles. The zero-order valence-corrected chi connectivity index (χ0v) is 21.0. The smallest absolute Gasteiger partial charge is 0.130 e. The topological polar surface area (TPSA) is 61.2 Å². The Morgan fingerprint density at radius 1 is 1.15 bits per heavy atom. The normalized spacial score (nSPS) is 15.8. The highest BCUT2D eigenvalue weighted by Crippen LogP contribution is 2.26. The molecule has 7 heteroatoms. The predicted molar refractivity (Wildman–Crippen MR) is 142 cm³/mol. The van der Waals surface area contributed by atoms with E-state index in [1.807, 2.05) is 31.5 Å². The van der Waals surface area contributed by atoms with Crippen LogP contribution >= 0.6 is 0 Å². The van der Waals surface area contributed by atoms with Crippen molar-refractivity contribution in [1.29, 1.82) is 0 Å². The van der Waals surface area contributed by atoms with Gasteiger partial charge in [-0.2, -0.15) is 5.10 Å². The van der Waals surface area contributed by atoms with Gasteiger partial charge in [0.1, 0.15) is 5.82 Å². The van der Waals surface area contributed by atoms with Crippen LogP contribution in [0.5, 0.6) is 0 Å². The van der Waals surface area contributed by atoms with Crippen molar-refractivity contribution in [2.45, 2.75) is 45.7 Å². The fraction of sp³-hybridized carbons (Fsp3) is 0.407. The third-order valence-corrected chi connectivity index (χ3v) is 6.75. The zero-order chi connectivity index (χ0) is 24.2. The molecule has 34 heavy (non-hydrogen) atoms. The average molecular weight is 460 g/mol. The number of nitrogens with zero attached hydrogens (tertiary/aromatic N) is 5. The fourth-order valence-electron chi connectivity index (χ4n) is 4.47. The van der Waals surface area contributed by atoms with E-state index in [9.17, 15) is 0 Å². The molecule has 0 radical (unpaired) electrons. The lowest BCUT2D eigenvalue weighted by Crippen LogP contribution is -2.39. The van der Waals surface area contributed by atoms with Crippen molar-refractivity contribution in [2.24, 2.45) is 0 Å². The Kier molecular flexibility index (Phi) is 7.34. The first kappa shape index (κ1) is 24.0. The summed E-state index contributed by atoms with van der Waals surface area (Å²) >= 11 is 0. The summed E-state index contributed by atoms with van der Waals surface area (Å²) < 4.78 is 2.11. The Balaban J connectivity index is 1.45. The number of hydrazine groups is 1. The lowest BCUT2D eigenvalue weighted by molar-refractivity contribution is 0.147. The van der Waals surface area contributed by atoms with Crippen LogP contribution in [0.2, 0.25) is 0 Å². The number of hydrogen-bond donors (Lipinski definition) is 2. The van der Waals surface area contributed by atoms with E-state index < -0.39 is 0 Å². The largest absolute Gasteiger partial charge is 0.340 e. The molecular weight excluding hydrogens is 422 g/mol. The molecule has 4 rings (SSSR count). The number of anilines is 1. The van der Waals surface area contributed by atoms with Gasteiger partial charge in [0, 0.05) is 68.5 Å². The number of fused-ring (bicyclic) bond motifs is 1. The first-order valence-corrected chi connectivity index (χ1v) is 12.1. The van der Waals surface area contributed by atoms with Gasteiger partial charge in [0.15, 0.2) is 0 Å². The minimum absolute atomic E-state index is 0.451. The summed E-state index contributed by atoms with van der Waals surface area (Å²) in [5.41, 5.74) is 7.26. The number of aromatic nitrogens is 3. The summed E-state index contributed by atoms with van der Waals surface area (Å²) in [7, 11) is 3.89. The van der Waals surface area contributed by atoms with Crippen molar-refractivity contribution in [3.63, 3.8) is 0 Å². The number of nitrogens with one attached hydrogen (secondary N) is 2. The lowest BCUT2D eigenvalue weighted by Gasteiger charge is -2.34. The summed E-state index contributed by atoms with van der Waals surface area (Å²) in [4.78, 5) is 7.13. The predicted octanol–water partition coefficient (Wildman–Crippen LogP) is 4.99. The summed E-state index contributed by atoms with van der Waals surface area (Å²) in [5, 5.41) is 12.2. The maximum atomic E-state index is 4.65. The molecule has 1 aliphatic heterocycles. The van der Waals surface area contributed by atoms with Crippen molar-refractivity contribution in [1.82, 2.24) is 30.1 Å². The van der Waals surface area contributed by atoms with Crippen LogP contribution < -0.4 is 10.7 Å². The molecule has 2 N–H and O–H groups in total. The summed E-state index contributed by atoms with van der Waals surface area (Å²) in [6, 6.07) is 9.57. The van der Waals surface area contributed by atoms with Gasteiger partial charge >= 0.3 is 0 Å². The molecule has 0 atom stereocenters. The van der Waals surface area contributed by atoms with Crippen LogP contribution in [-0.4, -0.2) is 57.9 Å². The third kappa shape index (κ3) is 5.48. The van der Waals surface area contributed by atoms with Gasteiger partial charge in [0.2, 0.25) is 0 Å².